The lowest BCUT2D eigenvalue weighted by molar-refractivity contribution is -0.157. The van der Waals surface area contributed by atoms with Crippen LogP contribution in [0.25, 0.3) is 17.0 Å². The molecule has 1 fully saturated rings. The number of hydrazine groups is 1. The number of carbonyl (C=O) groups is 4. The number of rotatable bonds is 11. The first-order valence-electron chi connectivity index (χ1n) is 14.5. The van der Waals surface area contributed by atoms with Crippen LogP contribution >= 0.6 is 0 Å². The number of pyridine rings is 1. The van der Waals surface area contributed by atoms with Crippen LogP contribution in [0, 0.1) is 11.8 Å². The smallest absolute Gasteiger partial charge is 0.325 e. The van der Waals surface area contributed by atoms with Crippen molar-refractivity contribution in [2.24, 2.45) is 11.8 Å². The molecule has 0 aliphatic carbocycles. The van der Waals surface area contributed by atoms with Crippen LogP contribution < -0.4 is 16.1 Å². The summed E-state index contributed by atoms with van der Waals surface area (Å²) in [5.41, 5.74) is 5.31. The van der Waals surface area contributed by atoms with Gasteiger partial charge in [0, 0.05) is 11.9 Å². The maximum atomic E-state index is 13.2. The predicted octanol–water partition coefficient (Wildman–Crippen LogP) is 3.84. The van der Waals surface area contributed by atoms with Gasteiger partial charge in [-0.1, -0.05) is 63.8 Å². The molecule has 226 valence electrons. The van der Waals surface area contributed by atoms with Crippen LogP contribution in [0.5, 0.6) is 0 Å². The first-order chi connectivity index (χ1) is 19.9. The second-order valence-corrected chi connectivity index (χ2v) is 11.1. The molecule has 42 heavy (non-hydrogen) atoms. The molecule has 1 saturated heterocycles. The summed E-state index contributed by atoms with van der Waals surface area (Å²) in [7, 11) is 0. The van der Waals surface area contributed by atoms with E-state index >= 15 is 0 Å². The summed E-state index contributed by atoms with van der Waals surface area (Å²) in [6.07, 6.45) is 5.76. The average Bonchev–Trinajstić information content (AvgIpc) is 2.98. The molecule has 0 radical (unpaired) electrons. The minimum absolute atomic E-state index is 0.190. The van der Waals surface area contributed by atoms with Crippen LogP contribution in [0.4, 0.5) is 0 Å². The molecule has 3 amide bonds. The molecule has 2 heterocycles. The quantitative estimate of drug-likeness (QED) is 0.273. The number of benzene rings is 1. The van der Waals surface area contributed by atoms with Crippen molar-refractivity contribution in [2.75, 3.05) is 6.54 Å². The zero-order chi connectivity index (χ0) is 31.0. The average molecular weight is 578 g/mol. The number of carbonyl (C=O) groups excluding carboxylic acids is 4. The zero-order valence-electron chi connectivity index (χ0n) is 25.3. The van der Waals surface area contributed by atoms with E-state index in [1.54, 1.807) is 39.0 Å². The molecule has 1 aliphatic heterocycles. The van der Waals surface area contributed by atoms with E-state index in [4.69, 9.17) is 4.74 Å². The minimum Gasteiger partial charge on any atom is -0.455 e. The van der Waals surface area contributed by atoms with Crippen molar-refractivity contribution in [3.05, 3.63) is 60.3 Å². The lowest BCUT2D eigenvalue weighted by Gasteiger charge is -2.35. The Labute approximate surface area is 247 Å². The number of allylic oxidation sites excluding steroid dienone is 1. The summed E-state index contributed by atoms with van der Waals surface area (Å²) in [6, 6.07) is 7.20. The standard InChI is InChI=1S/C32H43N5O5/c1-8-11-20(5)29(38)35-28(19(3)4)30(39)33-21(6)31(40)37-17-10-12-26(36-37)32(41)42-22(7)25-16-15-24-14-13-23(9-2)18-27(24)34-25/h8-9,11,13-16,18-22,26,28,36H,2,10,12,17H2,1,3-7H3,(H,33,39)(H,35,38)/b11-8+/t20-,21+,22-,26?,28+/m1/s1. The van der Waals surface area contributed by atoms with Gasteiger partial charge in [0.05, 0.1) is 17.1 Å². The Morgan fingerprint density at radius 2 is 1.79 bits per heavy atom. The van der Waals surface area contributed by atoms with Crippen molar-refractivity contribution >= 4 is 40.7 Å². The van der Waals surface area contributed by atoms with E-state index in [0.717, 1.165) is 16.5 Å². The lowest BCUT2D eigenvalue weighted by atomic mass is 10.0. The fraction of sp³-hybridized carbons (Fsp3) is 0.469. The van der Waals surface area contributed by atoms with Crippen molar-refractivity contribution in [2.45, 2.75) is 78.6 Å². The van der Waals surface area contributed by atoms with E-state index in [-0.39, 0.29) is 23.7 Å². The number of aromatic nitrogens is 1. The van der Waals surface area contributed by atoms with Gasteiger partial charge in [0.15, 0.2) is 0 Å². The molecular formula is C32H43N5O5. The second-order valence-electron chi connectivity index (χ2n) is 11.1. The summed E-state index contributed by atoms with van der Waals surface area (Å²) in [4.78, 5) is 56.4. The molecule has 0 saturated carbocycles. The van der Waals surface area contributed by atoms with E-state index in [1.165, 1.54) is 5.01 Å². The lowest BCUT2D eigenvalue weighted by Crippen LogP contribution is -2.61. The summed E-state index contributed by atoms with van der Waals surface area (Å²) in [5.74, 6) is -2.17. The molecule has 1 unspecified atom stereocenters. The SMILES string of the molecule is C=Cc1ccc2ccc([C@@H](C)OC(=O)C3CCCN(C(=O)[C@H](C)NC(=O)[C@@H](NC(=O)[C@H](C)/C=C/C)C(C)C)N3)nc2c1. The Morgan fingerprint density at radius 3 is 2.45 bits per heavy atom. The monoisotopic (exact) mass is 577 g/mol. The van der Waals surface area contributed by atoms with E-state index in [0.29, 0.717) is 25.1 Å². The molecule has 0 bridgehead atoms. The third-order valence-electron chi connectivity index (χ3n) is 7.29. The highest BCUT2D eigenvalue weighted by Crippen LogP contribution is 2.22. The van der Waals surface area contributed by atoms with E-state index in [1.807, 2.05) is 51.1 Å². The molecule has 5 atom stereocenters. The summed E-state index contributed by atoms with van der Waals surface area (Å²) < 4.78 is 5.73. The molecule has 3 N–H and O–H groups in total. The van der Waals surface area contributed by atoms with Gasteiger partial charge in [0.25, 0.3) is 5.91 Å². The Bertz CT molecular complexity index is 1340. The third-order valence-corrected chi connectivity index (χ3v) is 7.29. The number of amides is 3. The summed E-state index contributed by atoms with van der Waals surface area (Å²) >= 11 is 0. The van der Waals surface area contributed by atoms with Gasteiger partial charge in [-0.15, -0.1) is 0 Å². The van der Waals surface area contributed by atoms with Crippen molar-refractivity contribution in [1.82, 2.24) is 26.1 Å². The van der Waals surface area contributed by atoms with Crippen LogP contribution in [0.3, 0.4) is 0 Å². The minimum atomic E-state index is -0.882. The molecule has 3 rings (SSSR count). The number of fused-ring (bicyclic) bond motifs is 1. The Hall–Kier alpha value is -4.05. The number of hydrogen-bond donors (Lipinski definition) is 3. The second kappa shape index (κ2) is 14.7. The normalized spacial score (nSPS) is 18.3. The fourth-order valence-electron chi connectivity index (χ4n) is 4.73. The number of ether oxygens (including phenoxy) is 1. The van der Waals surface area contributed by atoms with Gasteiger partial charge < -0.3 is 15.4 Å². The highest BCUT2D eigenvalue weighted by molar-refractivity contribution is 5.92. The van der Waals surface area contributed by atoms with Gasteiger partial charge in [-0.2, -0.15) is 0 Å². The first-order valence-corrected chi connectivity index (χ1v) is 14.5. The molecular weight excluding hydrogens is 534 g/mol. The number of esters is 1. The Morgan fingerprint density at radius 1 is 1.07 bits per heavy atom. The van der Waals surface area contributed by atoms with E-state index < -0.39 is 36.1 Å². The highest BCUT2D eigenvalue weighted by Gasteiger charge is 2.34. The van der Waals surface area contributed by atoms with Gasteiger partial charge in [0.2, 0.25) is 11.8 Å². The van der Waals surface area contributed by atoms with Gasteiger partial charge >= 0.3 is 5.97 Å². The maximum absolute atomic E-state index is 13.2. The molecule has 0 spiro atoms. The van der Waals surface area contributed by atoms with Gasteiger partial charge in [0.1, 0.15) is 24.2 Å². The van der Waals surface area contributed by atoms with Crippen molar-refractivity contribution in [1.29, 1.82) is 0 Å². The van der Waals surface area contributed by atoms with Crippen molar-refractivity contribution in [3.63, 3.8) is 0 Å². The van der Waals surface area contributed by atoms with Gasteiger partial charge in [-0.25, -0.2) is 10.4 Å². The maximum Gasteiger partial charge on any atom is 0.325 e. The van der Waals surface area contributed by atoms with E-state index in [2.05, 4.69) is 27.6 Å². The molecule has 1 aliphatic rings. The molecule has 10 nitrogen and oxygen atoms in total. The fourth-order valence-corrected chi connectivity index (χ4v) is 4.73. The topological polar surface area (TPSA) is 130 Å². The van der Waals surface area contributed by atoms with Crippen LogP contribution in [-0.4, -0.2) is 58.4 Å². The molecule has 1 aromatic heterocycles. The molecule has 2 aromatic rings. The van der Waals surface area contributed by atoms with Gasteiger partial charge in [-0.3, -0.25) is 24.2 Å². The molecule has 1 aromatic carbocycles. The zero-order valence-corrected chi connectivity index (χ0v) is 25.3. The van der Waals surface area contributed by atoms with E-state index in [9.17, 15) is 19.2 Å². The Balaban J connectivity index is 1.59. The predicted molar refractivity (Wildman–Crippen MR) is 163 cm³/mol. The van der Waals surface area contributed by atoms with Crippen LogP contribution in [0.1, 0.15) is 71.7 Å². The van der Waals surface area contributed by atoms with Gasteiger partial charge in [-0.05, 0) is 57.2 Å². The number of nitrogens with zero attached hydrogens (tertiary/aromatic N) is 2. The van der Waals surface area contributed by atoms with Crippen LogP contribution in [0.2, 0.25) is 0 Å². The van der Waals surface area contributed by atoms with Crippen LogP contribution in [-0.2, 0) is 23.9 Å². The number of hydrogen-bond acceptors (Lipinski definition) is 7. The summed E-state index contributed by atoms with van der Waals surface area (Å²) in [6.45, 7) is 14.7. The molecule has 10 heteroatoms. The summed E-state index contributed by atoms with van der Waals surface area (Å²) in [5, 5.41) is 7.83. The van der Waals surface area contributed by atoms with Crippen molar-refractivity contribution < 1.29 is 23.9 Å². The largest absolute Gasteiger partial charge is 0.455 e. The first kappa shape index (κ1) is 32.5. The number of nitrogens with one attached hydrogen (secondary N) is 3. The van der Waals surface area contributed by atoms with Crippen LogP contribution in [0.15, 0.2) is 49.1 Å². The Kier molecular flexibility index (Phi) is 11.4. The van der Waals surface area contributed by atoms with Crippen molar-refractivity contribution in [3.8, 4) is 0 Å². The third kappa shape index (κ3) is 8.25. The highest BCUT2D eigenvalue weighted by atomic mass is 16.5.